The van der Waals surface area contributed by atoms with Crippen LogP contribution in [0.15, 0.2) is 41.8 Å². The van der Waals surface area contributed by atoms with Gasteiger partial charge in [-0.3, -0.25) is 0 Å². The highest BCUT2D eigenvalue weighted by atomic mass is 19.1. The number of fused-ring (bicyclic) bond motifs is 1. The molecule has 2 aliphatic heterocycles. The molecule has 34 heavy (non-hydrogen) atoms. The summed E-state index contributed by atoms with van der Waals surface area (Å²) >= 11 is 0. The van der Waals surface area contributed by atoms with Crippen molar-refractivity contribution in [3.63, 3.8) is 0 Å². The average Bonchev–Trinajstić information content (AvgIpc) is 3.04. The largest absolute Gasteiger partial charge is 0.377 e. The molecule has 0 saturated carbocycles. The van der Waals surface area contributed by atoms with Crippen LogP contribution in [0.25, 0.3) is 16.6 Å². The van der Waals surface area contributed by atoms with E-state index in [9.17, 15) is 4.39 Å². The van der Waals surface area contributed by atoms with Crippen molar-refractivity contribution in [2.75, 3.05) is 55.9 Å². The lowest BCUT2D eigenvalue weighted by atomic mass is 10.1. The smallest absolute Gasteiger partial charge is 0.229 e. The highest BCUT2D eigenvalue weighted by Gasteiger charge is 2.27. The van der Waals surface area contributed by atoms with Crippen molar-refractivity contribution in [1.29, 1.82) is 0 Å². The Hall–Kier alpha value is -2.88. The first kappa shape index (κ1) is 22.9. The first-order valence-electron chi connectivity index (χ1n) is 11.9. The molecule has 2 aromatic rings. The van der Waals surface area contributed by atoms with Crippen LogP contribution >= 0.6 is 0 Å². The topological polar surface area (TPSA) is 89.6 Å². The zero-order valence-corrected chi connectivity index (χ0v) is 19.7. The van der Waals surface area contributed by atoms with E-state index in [2.05, 4.69) is 23.6 Å². The van der Waals surface area contributed by atoms with E-state index in [0.717, 1.165) is 35.6 Å². The Morgan fingerprint density at radius 1 is 1.03 bits per heavy atom. The van der Waals surface area contributed by atoms with E-state index in [-0.39, 0.29) is 30.9 Å². The van der Waals surface area contributed by atoms with E-state index < -0.39 is 0 Å². The normalized spacial score (nSPS) is 23.9. The lowest BCUT2D eigenvalue weighted by Gasteiger charge is -2.37. The molecule has 1 unspecified atom stereocenters. The zero-order valence-electron chi connectivity index (χ0n) is 19.7. The molecular weight excluding hydrogens is 435 g/mol. The minimum Gasteiger partial charge on any atom is -0.377 e. The second-order valence-electron chi connectivity index (χ2n) is 8.99. The lowest BCUT2D eigenvalue weighted by Crippen LogP contribution is -2.46. The summed E-state index contributed by atoms with van der Waals surface area (Å²) in [5, 5.41) is 0.890. The van der Waals surface area contributed by atoms with Gasteiger partial charge in [0.25, 0.3) is 0 Å². The van der Waals surface area contributed by atoms with Gasteiger partial charge in [0.2, 0.25) is 5.95 Å². The van der Waals surface area contributed by atoms with Crippen LogP contribution in [0.1, 0.15) is 26.0 Å². The van der Waals surface area contributed by atoms with Gasteiger partial charge in [0.05, 0.1) is 49.6 Å². The standard InChI is InChI=1S/C25H31FN6O2/c1-16-14-33-10-8-31(16)24-20-6-7-22(18-4-3-5-21(26)19(12-18)13-27)28-23(20)29-25(30-24)32-9-11-34-15-17(32)2/h3-4,6-7,12,16-17H,5,8-11,13-15,27H2,1-2H3/t16-,17?/m0/s1. The minimum atomic E-state index is -0.205. The number of allylic oxidation sites excluding steroid dienone is 4. The number of anilines is 2. The molecule has 1 aliphatic carbocycles. The Morgan fingerprint density at radius 3 is 2.47 bits per heavy atom. The molecule has 4 heterocycles. The van der Waals surface area contributed by atoms with Gasteiger partial charge in [-0.1, -0.05) is 12.2 Å². The monoisotopic (exact) mass is 466 g/mol. The van der Waals surface area contributed by atoms with E-state index in [0.29, 0.717) is 43.6 Å². The first-order valence-corrected chi connectivity index (χ1v) is 11.9. The number of nitrogens with zero attached hydrogens (tertiary/aromatic N) is 5. The fourth-order valence-electron chi connectivity index (χ4n) is 4.62. The molecule has 180 valence electrons. The van der Waals surface area contributed by atoms with Crippen LogP contribution in [0, 0.1) is 0 Å². The van der Waals surface area contributed by atoms with E-state index in [4.69, 9.17) is 30.2 Å². The van der Waals surface area contributed by atoms with Crippen LogP contribution < -0.4 is 15.5 Å². The lowest BCUT2D eigenvalue weighted by molar-refractivity contribution is 0.0973. The Morgan fingerprint density at radius 2 is 1.76 bits per heavy atom. The number of aromatic nitrogens is 3. The third-order valence-corrected chi connectivity index (χ3v) is 6.58. The number of pyridine rings is 1. The number of rotatable bonds is 4. The molecule has 5 rings (SSSR count). The van der Waals surface area contributed by atoms with Gasteiger partial charge in [0, 0.05) is 31.6 Å². The van der Waals surface area contributed by atoms with Crippen LogP contribution in [0.3, 0.4) is 0 Å². The SMILES string of the molecule is CC1COCCN1c1nc(N2CCOC[C@@H]2C)c2ccc(C3=CC(CN)=C(F)CC=C3)nc2n1. The number of ether oxygens (including phenoxy) is 2. The second kappa shape index (κ2) is 9.77. The van der Waals surface area contributed by atoms with E-state index >= 15 is 0 Å². The zero-order chi connectivity index (χ0) is 23.7. The van der Waals surface area contributed by atoms with Crippen molar-refractivity contribution in [1.82, 2.24) is 15.0 Å². The van der Waals surface area contributed by atoms with Gasteiger partial charge in [-0.25, -0.2) is 9.37 Å². The predicted molar refractivity (Wildman–Crippen MR) is 132 cm³/mol. The van der Waals surface area contributed by atoms with Crippen LogP contribution in [-0.4, -0.2) is 73.1 Å². The van der Waals surface area contributed by atoms with Crippen molar-refractivity contribution in [2.24, 2.45) is 5.73 Å². The number of halogens is 1. The van der Waals surface area contributed by atoms with Gasteiger partial charge in [-0.15, -0.1) is 0 Å². The molecule has 0 radical (unpaired) electrons. The predicted octanol–water partition coefficient (Wildman–Crippen LogP) is 3.00. The van der Waals surface area contributed by atoms with Crippen molar-refractivity contribution < 1.29 is 13.9 Å². The van der Waals surface area contributed by atoms with E-state index in [1.165, 1.54) is 0 Å². The molecule has 8 nitrogen and oxygen atoms in total. The summed E-state index contributed by atoms with van der Waals surface area (Å²) in [7, 11) is 0. The van der Waals surface area contributed by atoms with Gasteiger partial charge in [0.1, 0.15) is 11.6 Å². The molecule has 0 amide bonds. The highest BCUT2D eigenvalue weighted by Crippen LogP contribution is 2.31. The molecule has 3 aliphatic rings. The summed E-state index contributed by atoms with van der Waals surface area (Å²) in [6.45, 7) is 8.46. The first-order chi connectivity index (χ1) is 16.5. The molecule has 2 fully saturated rings. The van der Waals surface area contributed by atoms with Gasteiger partial charge < -0.3 is 25.0 Å². The summed E-state index contributed by atoms with van der Waals surface area (Å²) in [6, 6.07) is 4.32. The Bertz CT molecular complexity index is 1160. The summed E-state index contributed by atoms with van der Waals surface area (Å²) in [6.07, 6.45) is 5.72. The Kier molecular flexibility index (Phi) is 6.58. The molecule has 2 atom stereocenters. The van der Waals surface area contributed by atoms with Crippen molar-refractivity contribution in [3.8, 4) is 0 Å². The number of hydrogen-bond donors (Lipinski definition) is 1. The second-order valence-corrected chi connectivity index (χ2v) is 8.99. The molecule has 2 aromatic heterocycles. The van der Waals surface area contributed by atoms with Crippen molar-refractivity contribution in [2.45, 2.75) is 32.4 Å². The number of nitrogens with two attached hydrogens (primary N) is 1. The third kappa shape index (κ3) is 4.43. The Balaban J connectivity index is 1.64. The molecule has 2 N–H and O–H groups in total. The molecule has 9 heteroatoms. The summed E-state index contributed by atoms with van der Waals surface area (Å²) in [4.78, 5) is 19.3. The highest BCUT2D eigenvalue weighted by molar-refractivity contribution is 5.90. The van der Waals surface area contributed by atoms with Crippen LogP contribution in [0.5, 0.6) is 0 Å². The average molecular weight is 467 g/mol. The van der Waals surface area contributed by atoms with Crippen molar-refractivity contribution in [3.05, 3.63) is 47.5 Å². The molecule has 2 saturated heterocycles. The fourth-order valence-corrected chi connectivity index (χ4v) is 4.62. The summed E-state index contributed by atoms with van der Waals surface area (Å²) in [5.41, 5.74) is 8.44. The fraction of sp³-hybridized carbons (Fsp3) is 0.480. The molecular formula is C25H31FN6O2. The quantitative estimate of drug-likeness (QED) is 0.736. The molecule has 0 spiro atoms. The van der Waals surface area contributed by atoms with E-state index in [1.54, 1.807) is 12.2 Å². The van der Waals surface area contributed by atoms with Crippen LogP contribution in [0.4, 0.5) is 16.2 Å². The molecule has 0 aromatic carbocycles. The Labute approximate surface area is 199 Å². The molecule has 0 bridgehead atoms. The number of hydrogen-bond acceptors (Lipinski definition) is 8. The van der Waals surface area contributed by atoms with Gasteiger partial charge in [-0.2, -0.15) is 9.97 Å². The van der Waals surface area contributed by atoms with E-state index in [1.807, 2.05) is 18.2 Å². The summed E-state index contributed by atoms with van der Waals surface area (Å²) < 4.78 is 25.6. The van der Waals surface area contributed by atoms with Crippen LogP contribution in [0.2, 0.25) is 0 Å². The van der Waals surface area contributed by atoms with Gasteiger partial charge >= 0.3 is 0 Å². The number of morpholine rings is 2. The maximum atomic E-state index is 14.3. The third-order valence-electron chi connectivity index (χ3n) is 6.58. The summed E-state index contributed by atoms with van der Waals surface area (Å²) in [5.74, 6) is 1.32. The minimum absolute atomic E-state index is 0.144. The maximum Gasteiger partial charge on any atom is 0.229 e. The van der Waals surface area contributed by atoms with Crippen molar-refractivity contribution >= 4 is 28.4 Å². The van der Waals surface area contributed by atoms with Crippen LogP contribution in [-0.2, 0) is 9.47 Å². The van der Waals surface area contributed by atoms with Gasteiger partial charge in [-0.05, 0) is 37.6 Å². The van der Waals surface area contributed by atoms with Gasteiger partial charge in [0.15, 0.2) is 5.65 Å². The maximum absolute atomic E-state index is 14.3.